The Morgan fingerprint density at radius 3 is 2.65 bits per heavy atom. The molecule has 4 atom stereocenters. The molecule has 13 nitrogen and oxygen atoms in total. The number of aromatic nitrogens is 4. The summed E-state index contributed by atoms with van der Waals surface area (Å²) in [5.74, 6) is 0.323. The predicted molar refractivity (Wildman–Crippen MR) is 116 cm³/mol. The summed E-state index contributed by atoms with van der Waals surface area (Å²) < 4.78 is 7.61. The summed E-state index contributed by atoms with van der Waals surface area (Å²) in [5, 5.41) is 21.3. The van der Waals surface area contributed by atoms with Gasteiger partial charge in [0.25, 0.3) is 0 Å². The fraction of sp³-hybridized carbons (Fsp3) is 0.667. The number of fused-ring (bicyclic) bond motifs is 1. The molecule has 1 aliphatic rings. The Bertz CT molecular complexity index is 871. The van der Waals surface area contributed by atoms with Gasteiger partial charge in [0.1, 0.15) is 30.2 Å². The Kier molecular flexibility index (Phi) is 7.92. The van der Waals surface area contributed by atoms with Crippen molar-refractivity contribution in [3.05, 3.63) is 12.7 Å². The van der Waals surface area contributed by atoms with Gasteiger partial charge in [0.15, 0.2) is 23.7 Å². The van der Waals surface area contributed by atoms with Crippen LogP contribution in [0.3, 0.4) is 0 Å². The molecule has 0 aliphatic carbocycles. The van der Waals surface area contributed by atoms with Crippen LogP contribution in [0.25, 0.3) is 11.2 Å². The number of nitrogens with zero attached hydrogens (tertiary/aromatic N) is 6. The van der Waals surface area contributed by atoms with Gasteiger partial charge < -0.3 is 42.8 Å². The molecule has 1 fully saturated rings. The number of aliphatic imine (C=N–C) groups is 1. The zero-order chi connectivity index (χ0) is 22.4. The van der Waals surface area contributed by atoms with E-state index >= 15 is 0 Å². The molecule has 0 bridgehead atoms. The van der Waals surface area contributed by atoms with Crippen molar-refractivity contribution >= 4 is 22.9 Å². The van der Waals surface area contributed by atoms with E-state index in [1.807, 2.05) is 0 Å². The second-order valence-electron chi connectivity index (χ2n) is 7.59. The highest BCUT2D eigenvalue weighted by Crippen LogP contribution is 2.32. The van der Waals surface area contributed by atoms with Gasteiger partial charge in [0, 0.05) is 13.1 Å². The average molecular weight is 437 g/mol. The number of aliphatic hydroxyl groups is 2. The van der Waals surface area contributed by atoms with E-state index in [2.05, 4.69) is 24.8 Å². The molecule has 0 radical (unpaired) electrons. The van der Waals surface area contributed by atoms with Crippen LogP contribution in [0, 0.1) is 0 Å². The lowest BCUT2D eigenvalue weighted by Crippen LogP contribution is -2.41. The van der Waals surface area contributed by atoms with E-state index in [0.717, 1.165) is 32.4 Å². The van der Waals surface area contributed by atoms with Crippen LogP contribution in [-0.4, -0.2) is 91.6 Å². The van der Waals surface area contributed by atoms with Crippen LogP contribution in [0.15, 0.2) is 17.6 Å². The second-order valence-corrected chi connectivity index (χ2v) is 7.59. The third kappa shape index (κ3) is 5.57. The lowest BCUT2D eigenvalue weighted by molar-refractivity contribution is -0.0442. The summed E-state index contributed by atoms with van der Waals surface area (Å²) in [4.78, 5) is 18.5. The number of anilines is 1. The molecule has 0 amide bonds. The van der Waals surface area contributed by atoms with Gasteiger partial charge in [-0.2, -0.15) is 0 Å². The first kappa shape index (κ1) is 23.1. The largest absolute Gasteiger partial charge is 0.387 e. The summed E-state index contributed by atoms with van der Waals surface area (Å²) in [5.41, 5.74) is 23.1. The molecule has 13 heteroatoms. The van der Waals surface area contributed by atoms with Crippen LogP contribution in [0.5, 0.6) is 0 Å². The Hall–Kier alpha value is -2.58. The molecule has 0 aromatic carbocycles. The van der Waals surface area contributed by atoms with Gasteiger partial charge in [-0.25, -0.2) is 15.0 Å². The number of nitrogen functional groups attached to an aromatic ring is 1. The molecule has 1 saturated heterocycles. The first-order valence-corrected chi connectivity index (χ1v) is 10.3. The fourth-order valence-corrected chi connectivity index (χ4v) is 3.69. The fourth-order valence-electron chi connectivity index (χ4n) is 3.69. The van der Waals surface area contributed by atoms with Crippen molar-refractivity contribution in [2.45, 2.75) is 43.8 Å². The van der Waals surface area contributed by atoms with E-state index in [-0.39, 0.29) is 11.8 Å². The third-order valence-corrected chi connectivity index (χ3v) is 5.29. The highest BCUT2D eigenvalue weighted by Gasteiger charge is 2.44. The number of nitrogens with two attached hydrogens (primary N) is 4. The third-order valence-electron chi connectivity index (χ3n) is 5.29. The van der Waals surface area contributed by atoms with Crippen LogP contribution in [0.2, 0.25) is 0 Å². The van der Waals surface area contributed by atoms with Crippen LogP contribution in [-0.2, 0) is 4.74 Å². The van der Waals surface area contributed by atoms with Crippen LogP contribution >= 0.6 is 0 Å². The molecule has 3 rings (SSSR count). The minimum atomic E-state index is -1.14. The molecule has 10 N–H and O–H groups in total. The van der Waals surface area contributed by atoms with Crippen molar-refractivity contribution in [3.8, 4) is 0 Å². The number of hydrogen-bond donors (Lipinski definition) is 6. The standard InChI is InChI=1S/C18H32N10O3/c19-4-3-7-27(6-2-1-5-23-18(21)22)8-11-13(29)14(30)17(31-11)28-10-26-12-15(20)24-9-25-16(12)28/h9-11,13-14,17,29-30H,1-8,19H2,(H2,20,24,25)(H4,21,22,23)/t11-,13-,14-,17-/m1/s1. The summed E-state index contributed by atoms with van der Waals surface area (Å²) in [6.45, 7) is 3.09. The minimum Gasteiger partial charge on any atom is -0.387 e. The van der Waals surface area contributed by atoms with Gasteiger partial charge in [-0.15, -0.1) is 0 Å². The lowest BCUT2D eigenvalue weighted by Gasteiger charge is -2.26. The molecule has 1 aliphatic heterocycles. The van der Waals surface area contributed by atoms with Crippen molar-refractivity contribution in [2.75, 3.05) is 38.5 Å². The number of aliphatic hydroxyl groups excluding tert-OH is 2. The van der Waals surface area contributed by atoms with Crippen LogP contribution < -0.4 is 22.9 Å². The smallest absolute Gasteiger partial charge is 0.185 e. The molecule has 0 spiro atoms. The maximum absolute atomic E-state index is 10.6. The van der Waals surface area contributed by atoms with Crippen molar-refractivity contribution in [2.24, 2.45) is 22.2 Å². The maximum Gasteiger partial charge on any atom is 0.185 e. The van der Waals surface area contributed by atoms with Gasteiger partial charge in [0.2, 0.25) is 0 Å². The number of rotatable bonds is 11. The van der Waals surface area contributed by atoms with E-state index in [9.17, 15) is 10.2 Å². The Balaban J connectivity index is 1.65. The Labute approximate surface area is 180 Å². The maximum atomic E-state index is 10.6. The molecule has 3 heterocycles. The Morgan fingerprint density at radius 2 is 1.90 bits per heavy atom. The normalized spacial score (nSPS) is 23.6. The number of ether oxygens (including phenoxy) is 1. The number of guanidine groups is 1. The molecule has 0 unspecified atom stereocenters. The lowest BCUT2D eigenvalue weighted by atomic mass is 10.1. The summed E-state index contributed by atoms with van der Waals surface area (Å²) in [6, 6.07) is 0. The van der Waals surface area contributed by atoms with Gasteiger partial charge >= 0.3 is 0 Å². The van der Waals surface area contributed by atoms with Crippen LogP contribution in [0.4, 0.5) is 5.82 Å². The van der Waals surface area contributed by atoms with E-state index in [1.165, 1.54) is 12.7 Å². The van der Waals surface area contributed by atoms with Gasteiger partial charge in [-0.1, -0.05) is 0 Å². The first-order chi connectivity index (χ1) is 14.9. The monoisotopic (exact) mass is 436 g/mol. The molecule has 2 aromatic heterocycles. The van der Waals surface area contributed by atoms with Crippen molar-refractivity contribution in [1.82, 2.24) is 24.4 Å². The van der Waals surface area contributed by atoms with E-state index in [4.69, 9.17) is 27.7 Å². The molecular formula is C18H32N10O3. The molecule has 31 heavy (non-hydrogen) atoms. The summed E-state index contributed by atoms with van der Waals surface area (Å²) in [7, 11) is 0. The second kappa shape index (κ2) is 10.6. The highest BCUT2D eigenvalue weighted by molar-refractivity contribution is 5.81. The van der Waals surface area contributed by atoms with Crippen molar-refractivity contribution in [3.63, 3.8) is 0 Å². The van der Waals surface area contributed by atoms with Crippen molar-refractivity contribution in [1.29, 1.82) is 0 Å². The summed E-state index contributed by atoms with van der Waals surface area (Å²) >= 11 is 0. The molecular weight excluding hydrogens is 404 g/mol. The van der Waals surface area contributed by atoms with Gasteiger partial charge in [-0.05, 0) is 38.9 Å². The number of imidazole rings is 1. The van der Waals surface area contributed by atoms with Crippen molar-refractivity contribution < 1.29 is 14.9 Å². The Morgan fingerprint density at radius 1 is 1.13 bits per heavy atom. The molecule has 0 saturated carbocycles. The van der Waals surface area contributed by atoms with E-state index in [1.54, 1.807) is 4.57 Å². The first-order valence-electron chi connectivity index (χ1n) is 10.3. The number of unbranched alkanes of at least 4 members (excludes halogenated alkanes) is 1. The zero-order valence-electron chi connectivity index (χ0n) is 17.4. The predicted octanol–water partition coefficient (Wildman–Crippen LogP) is -2.27. The average Bonchev–Trinajstić information content (AvgIpc) is 3.28. The molecule has 172 valence electrons. The SMILES string of the molecule is NCCCN(CCCCN=C(N)N)C[C@H]1O[C@@H](n2cnc3c(N)ncnc32)[C@H](O)[C@@H]1O. The number of hydrogen-bond acceptors (Lipinski definition) is 10. The van der Waals surface area contributed by atoms with Gasteiger partial charge in [-0.3, -0.25) is 9.56 Å². The summed E-state index contributed by atoms with van der Waals surface area (Å²) in [6.07, 6.45) is 1.68. The zero-order valence-corrected chi connectivity index (χ0v) is 17.4. The minimum absolute atomic E-state index is 0.0848. The van der Waals surface area contributed by atoms with E-state index in [0.29, 0.717) is 30.8 Å². The molecule has 2 aromatic rings. The highest BCUT2D eigenvalue weighted by atomic mass is 16.6. The van der Waals surface area contributed by atoms with Gasteiger partial charge in [0.05, 0.1) is 6.33 Å². The quantitative estimate of drug-likeness (QED) is 0.125. The topological polar surface area (TPSA) is 213 Å². The van der Waals surface area contributed by atoms with Crippen LogP contribution in [0.1, 0.15) is 25.5 Å². The van der Waals surface area contributed by atoms with E-state index < -0.39 is 24.5 Å².